The zero-order valence-electron chi connectivity index (χ0n) is 21.0. The monoisotopic (exact) mass is 524 g/mol. The van der Waals surface area contributed by atoms with Gasteiger partial charge in [0.25, 0.3) is 5.91 Å². The number of thioether (sulfide) groups is 1. The van der Waals surface area contributed by atoms with Gasteiger partial charge in [0, 0.05) is 11.6 Å². The molecule has 0 bridgehead atoms. The van der Waals surface area contributed by atoms with Gasteiger partial charge in [-0.2, -0.15) is 0 Å². The molecule has 0 radical (unpaired) electrons. The second-order valence-corrected chi connectivity index (χ2v) is 9.47. The summed E-state index contributed by atoms with van der Waals surface area (Å²) in [5.41, 5.74) is 2.46. The number of carboxylic acids is 1. The van der Waals surface area contributed by atoms with Crippen LogP contribution in [-0.4, -0.2) is 27.9 Å². The number of anilines is 1. The van der Waals surface area contributed by atoms with E-state index in [1.54, 1.807) is 35.2 Å². The highest BCUT2D eigenvalue weighted by Gasteiger charge is 2.21. The molecule has 1 heterocycles. The zero-order chi connectivity index (χ0) is 26.7. The number of carbonyl (C=O) groups is 2. The number of para-hydroxylation sites is 2. The van der Waals surface area contributed by atoms with Gasteiger partial charge in [-0.3, -0.25) is 9.69 Å². The zero-order valence-corrected chi connectivity index (χ0v) is 21.8. The number of aromatic carboxylic acids is 1. The molecular formula is C31H28N2O4S. The molecule has 0 fully saturated rings. The molecule has 7 heteroatoms. The lowest BCUT2D eigenvalue weighted by molar-refractivity contribution is -0.113. The Labute approximate surface area is 226 Å². The Morgan fingerprint density at radius 2 is 1.61 bits per heavy atom. The van der Waals surface area contributed by atoms with Crippen molar-refractivity contribution >= 4 is 45.9 Å². The van der Waals surface area contributed by atoms with E-state index in [0.717, 1.165) is 29.8 Å². The first-order chi connectivity index (χ1) is 18.5. The van der Waals surface area contributed by atoms with E-state index in [-0.39, 0.29) is 11.5 Å². The first-order valence-electron chi connectivity index (χ1n) is 12.3. The average molecular weight is 525 g/mol. The van der Waals surface area contributed by atoms with Crippen molar-refractivity contribution in [2.24, 2.45) is 4.99 Å². The quantitative estimate of drug-likeness (QED) is 0.197. The lowest BCUT2D eigenvalue weighted by Crippen LogP contribution is -2.34. The van der Waals surface area contributed by atoms with Gasteiger partial charge in [0.1, 0.15) is 11.5 Å². The van der Waals surface area contributed by atoms with Crippen LogP contribution in [0, 0.1) is 0 Å². The maximum absolute atomic E-state index is 13.6. The van der Waals surface area contributed by atoms with Crippen LogP contribution in [0.15, 0.2) is 120 Å². The van der Waals surface area contributed by atoms with Crippen molar-refractivity contribution in [1.29, 1.82) is 0 Å². The van der Waals surface area contributed by atoms with E-state index in [1.807, 2.05) is 79.7 Å². The van der Waals surface area contributed by atoms with Gasteiger partial charge in [0.15, 0.2) is 5.17 Å². The number of carbonyl (C=O) groups excluding carboxylic acids is 1. The fraction of sp³-hybridized carbons (Fsp3) is 0.129. The van der Waals surface area contributed by atoms with Crippen LogP contribution in [0.5, 0.6) is 0 Å². The molecule has 1 aliphatic rings. The molecular weight excluding hydrogens is 496 g/mol. The number of ether oxygens (including phenoxy) is 1. The third kappa shape index (κ3) is 7.11. The molecule has 0 aliphatic carbocycles. The lowest BCUT2D eigenvalue weighted by Gasteiger charge is -2.22. The van der Waals surface area contributed by atoms with Gasteiger partial charge in [-0.15, -0.1) is 0 Å². The Hall–Kier alpha value is -4.36. The number of benzene rings is 3. The van der Waals surface area contributed by atoms with Crippen LogP contribution in [0.1, 0.15) is 35.7 Å². The summed E-state index contributed by atoms with van der Waals surface area (Å²) in [5, 5.41) is 9.75. The highest BCUT2D eigenvalue weighted by molar-refractivity contribution is 8.14. The Morgan fingerprint density at radius 1 is 0.947 bits per heavy atom. The van der Waals surface area contributed by atoms with Crippen LogP contribution < -0.4 is 4.90 Å². The third-order valence-corrected chi connectivity index (χ3v) is 6.38. The van der Waals surface area contributed by atoms with E-state index >= 15 is 0 Å². The van der Waals surface area contributed by atoms with E-state index < -0.39 is 5.97 Å². The van der Waals surface area contributed by atoms with Crippen LogP contribution in [0.2, 0.25) is 0 Å². The normalized spacial score (nSPS) is 13.8. The molecule has 4 rings (SSSR count). The maximum Gasteiger partial charge on any atom is 0.335 e. The standard InChI is InChI=1S/C31H28N2O4S/c1-2-38-31(32-25-11-5-3-6-12-25)33(26-13-7-4-8-14-26)29(34)22-21-27-15-9-10-16-28(37-27)23-17-19-24(20-18-23)30(35)36/h3-8,11-22H,2,9-10H2,1H3,(H,35,36)/b22-21-,32-31?. The van der Waals surface area contributed by atoms with Crippen LogP contribution in [0.25, 0.3) is 5.76 Å². The van der Waals surface area contributed by atoms with Crippen LogP contribution in [0.3, 0.4) is 0 Å². The SMILES string of the molecule is CCSC(=Nc1ccccc1)N(C(=O)/C=C\C1=CCCC=C(c2ccc(C(=O)O)cc2)O1)c1ccccc1. The Morgan fingerprint density at radius 3 is 2.26 bits per heavy atom. The molecule has 0 saturated heterocycles. The summed E-state index contributed by atoms with van der Waals surface area (Å²) in [6, 6.07) is 25.5. The first-order valence-corrected chi connectivity index (χ1v) is 13.3. The molecule has 0 aromatic heterocycles. The van der Waals surface area contributed by atoms with Crippen molar-refractivity contribution < 1.29 is 19.4 Å². The molecule has 1 N–H and O–H groups in total. The largest absolute Gasteiger partial charge is 0.478 e. The van der Waals surface area contributed by atoms with Gasteiger partial charge >= 0.3 is 5.97 Å². The maximum atomic E-state index is 13.6. The molecule has 0 atom stereocenters. The molecule has 6 nitrogen and oxygen atoms in total. The summed E-state index contributed by atoms with van der Waals surface area (Å²) in [6.07, 6.45) is 8.57. The molecule has 0 spiro atoms. The van der Waals surface area contributed by atoms with Crippen LogP contribution in [0.4, 0.5) is 11.4 Å². The fourth-order valence-corrected chi connectivity index (χ4v) is 4.48. The Balaban J connectivity index is 1.59. The molecule has 1 amide bonds. The highest BCUT2D eigenvalue weighted by atomic mass is 32.2. The number of aliphatic imine (C=N–C) groups is 1. The van der Waals surface area contributed by atoms with Gasteiger partial charge in [-0.05, 0) is 73.2 Å². The van der Waals surface area contributed by atoms with Crippen molar-refractivity contribution in [3.8, 4) is 0 Å². The summed E-state index contributed by atoms with van der Waals surface area (Å²) in [4.78, 5) is 31.2. The van der Waals surface area contributed by atoms with E-state index in [9.17, 15) is 9.59 Å². The van der Waals surface area contributed by atoms with Crippen molar-refractivity contribution in [1.82, 2.24) is 0 Å². The topological polar surface area (TPSA) is 79.2 Å². The number of amides is 1. The van der Waals surface area contributed by atoms with E-state index in [4.69, 9.17) is 14.8 Å². The second kappa shape index (κ2) is 13.3. The van der Waals surface area contributed by atoms with Gasteiger partial charge < -0.3 is 9.84 Å². The molecule has 1 aliphatic heterocycles. The predicted molar refractivity (Wildman–Crippen MR) is 155 cm³/mol. The molecule has 3 aromatic rings. The number of hydrogen-bond donors (Lipinski definition) is 1. The smallest absolute Gasteiger partial charge is 0.335 e. The van der Waals surface area contributed by atoms with Crippen molar-refractivity contribution in [3.05, 3.63) is 126 Å². The third-order valence-electron chi connectivity index (χ3n) is 5.56. The number of hydrogen-bond acceptors (Lipinski definition) is 5. The summed E-state index contributed by atoms with van der Waals surface area (Å²) < 4.78 is 6.12. The lowest BCUT2D eigenvalue weighted by atomic mass is 10.1. The Bertz CT molecular complexity index is 1380. The molecule has 0 saturated carbocycles. The van der Waals surface area contributed by atoms with Crippen LogP contribution in [-0.2, 0) is 9.53 Å². The Kier molecular flexibility index (Phi) is 9.32. The average Bonchev–Trinajstić information content (AvgIpc) is 3.19. The number of rotatable bonds is 7. The molecule has 192 valence electrons. The molecule has 3 aromatic carbocycles. The summed E-state index contributed by atoms with van der Waals surface area (Å²) in [6.45, 7) is 2.02. The summed E-state index contributed by atoms with van der Waals surface area (Å²) >= 11 is 1.49. The second-order valence-electron chi connectivity index (χ2n) is 8.24. The fourth-order valence-electron chi connectivity index (χ4n) is 3.73. The minimum atomic E-state index is -0.978. The molecule has 0 unspecified atom stereocenters. The van der Waals surface area contributed by atoms with E-state index in [0.29, 0.717) is 22.4 Å². The number of allylic oxidation sites excluding steroid dienone is 3. The molecule has 38 heavy (non-hydrogen) atoms. The van der Waals surface area contributed by atoms with Crippen LogP contribution >= 0.6 is 11.8 Å². The number of amidine groups is 1. The number of carboxylic acid groups (broad SMARTS) is 1. The van der Waals surface area contributed by atoms with Crippen molar-refractivity contribution in [2.45, 2.75) is 19.8 Å². The highest BCUT2D eigenvalue weighted by Crippen LogP contribution is 2.26. The van der Waals surface area contributed by atoms with Crippen molar-refractivity contribution in [2.75, 3.05) is 10.7 Å². The first kappa shape index (κ1) is 26.7. The van der Waals surface area contributed by atoms with E-state index in [2.05, 4.69) is 0 Å². The summed E-state index contributed by atoms with van der Waals surface area (Å²) in [5.74, 6) is 0.679. The van der Waals surface area contributed by atoms with E-state index in [1.165, 1.54) is 17.8 Å². The van der Waals surface area contributed by atoms with Gasteiger partial charge in [0.05, 0.1) is 16.9 Å². The van der Waals surface area contributed by atoms with Crippen molar-refractivity contribution in [3.63, 3.8) is 0 Å². The van der Waals surface area contributed by atoms with Gasteiger partial charge in [-0.1, -0.05) is 67.2 Å². The van der Waals surface area contributed by atoms with Gasteiger partial charge in [0.2, 0.25) is 0 Å². The van der Waals surface area contributed by atoms with Gasteiger partial charge in [-0.25, -0.2) is 9.79 Å². The minimum absolute atomic E-state index is 0.211. The predicted octanol–water partition coefficient (Wildman–Crippen LogP) is 7.45. The summed E-state index contributed by atoms with van der Waals surface area (Å²) in [7, 11) is 0. The number of nitrogens with zero attached hydrogens (tertiary/aromatic N) is 2. The minimum Gasteiger partial charge on any atom is -0.478 e.